The van der Waals surface area contributed by atoms with Crippen LogP contribution in [0.25, 0.3) is 11.0 Å². The van der Waals surface area contributed by atoms with Crippen LogP contribution in [-0.4, -0.2) is 81.4 Å². The van der Waals surface area contributed by atoms with Crippen LogP contribution in [0, 0.1) is 0 Å². The van der Waals surface area contributed by atoms with Crippen LogP contribution in [0.2, 0.25) is 0 Å². The van der Waals surface area contributed by atoms with Crippen molar-refractivity contribution in [3.05, 3.63) is 36.5 Å². The Bertz CT molecular complexity index is 1060. The van der Waals surface area contributed by atoms with Crippen molar-refractivity contribution in [3.8, 4) is 5.75 Å². The van der Waals surface area contributed by atoms with Crippen molar-refractivity contribution in [2.45, 2.75) is 44.8 Å². The number of ether oxygens (including phenoxy) is 4. The minimum Gasteiger partial charge on any atom is -0.494 e. The van der Waals surface area contributed by atoms with Gasteiger partial charge < -0.3 is 29.2 Å². The normalized spacial score (nSPS) is 21.3. The molecule has 4 rings (SSSR count). The molecule has 0 atom stereocenters. The molecule has 10 heteroatoms. The summed E-state index contributed by atoms with van der Waals surface area (Å²) in [5, 5.41) is 3.08. The topological polar surface area (TPSA) is 103 Å². The highest BCUT2D eigenvalue weighted by Crippen LogP contribution is 2.33. The third-order valence-electron chi connectivity index (χ3n) is 6.31. The van der Waals surface area contributed by atoms with Gasteiger partial charge in [0.25, 0.3) is 0 Å². The molecule has 0 bridgehead atoms. The maximum atomic E-state index is 6.51. The summed E-state index contributed by atoms with van der Waals surface area (Å²) >= 11 is 0. The monoisotopic (exact) mass is 496 g/mol. The van der Waals surface area contributed by atoms with Gasteiger partial charge >= 0.3 is 0 Å². The van der Waals surface area contributed by atoms with Crippen LogP contribution in [0.4, 0.5) is 5.69 Å². The SMILES string of the molecule is C=NC(=NC1CCC(Oc2cc(N3CCOCC3)cc3nccnc23)CC1)N/C=C(\C)OCCOC. The second-order valence-corrected chi connectivity index (χ2v) is 8.87. The molecule has 1 aliphatic carbocycles. The highest BCUT2D eigenvalue weighted by Gasteiger charge is 2.24. The first kappa shape index (κ1) is 25.8. The predicted molar refractivity (Wildman–Crippen MR) is 141 cm³/mol. The largest absolute Gasteiger partial charge is 0.494 e. The number of fused-ring (bicyclic) bond motifs is 1. The molecule has 194 valence electrons. The van der Waals surface area contributed by atoms with E-state index in [4.69, 9.17) is 23.9 Å². The Morgan fingerprint density at radius 2 is 1.94 bits per heavy atom. The fourth-order valence-corrected chi connectivity index (χ4v) is 4.38. The van der Waals surface area contributed by atoms with E-state index in [0.29, 0.717) is 19.2 Å². The molecular weight excluding hydrogens is 460 g/mol. The van der Waals surface area contributed by atoms with Gasteiger partial charge in [0, 0.05) is 50.5 Å². The number of aromatic nitrogens is 2. The number of guanidine groups is 1. The third kappa shape index (κ3) is 7.14. The molecule has 2 aromatic rings. The summed E-state index contributed by atoms with van der Waals surface area (Å²) in [5.74, 6) is 2.02. The zero-order chi connectivity index (χ0) is 25.2. The van der Waals surface area contributed by atoms with Crippen LogP contribution < -0.4 is 15.0 Å². The molecule has 2 heterocycles. The Balaban J connectivity index is 1.36. The zero-order valence-corrected chi connectivity index (χ0v) is 21.2. The molecule has 0 spiro atoms. The molecule has 0 amide bonds. The van der Waals surface area contributed by atoms with Gasteiger partial charge in [0.05, 0.1) is 37.5 Å². The first-order valence-corrected chi connectivity index (χ1v) is 12.5. The second-order valence-electron chi connectivity index (χ2n) is 8.87. The maximum absolute atomic E-state index is 6.51. The first-order chi connectivity index (χ1) is 17.7. The molecule has 36 heavy (non-hydrogen) atoms. The average molecular weight is 497 g/mol. The van der Waals surface area contributed by atoms with Crippen molar-refractivity contribution < 1.29 is 18.9 Å². The number of hydrogen-bond donors (Lipinski definition) is 1. The molecule has 0 radical (unpaired) electrons. The van der Waals surface area contributed by atoms with Crippen LogP contribution >= 0.6 is 0 Å². The predicted octanol–water partition coefficient (Wildman–Crippen LogP) is 3.33. The lowest BCUT2D eigenvalue weighted by molar-refractivity contribution is 0.110. The number of nitrogens with one attached hydrogen (secondary N) is 1. The van der Waals surface area contributed by atoms with Crippen molar-refractivity contribution >= 4 is 29.4 Å². The van der Waals surface area contributed by atoms with Gasteiger partial charge in [-0.05, 0) is 45.4 Å². The molecular formula is C26H36N6O4. The lowest BCUT2D eigenvalue weighted by Crippen LogP contribution is -2.36. The standard InChI is InChI=1S/C26H36N6O4/c1-19(35-15-14-33-3)18-30-26(27-2)31-20-4-6-22(7-5-20)36-24-17-21(32-10-12-34-13-11-32)16-23-25(24)29-9-8-28-23/h8-9,16-18,20,22H,2,4-7,10-15H2,1,3H3,(H,30,31)/b19-18+. The van der Waals surface area contributed by atoms with Crippen LogP contribution in [-0.2, 0) is 14.2 Å². The van der Waals surface area contributed by atoms with E-state index in [-0.39, 0.29) is 12.1 Å². The average Bonchev–Trinajstić information content (AvgIpc) is 2.92. The molecule has 1 aliphatic heterocycles. The van der Waals surface area contributed by atoms with Gasteiger partial charge in [-0.1, -0.05) is 0 Å². The number of benzene rings is 1. The van der Waals surface area contributed by atoms with Crippen LogP contribution in [0.15, 0.2) is 46.5 Å². The van der Waals surface area contributed by atoms with Gasteiger partial charge in [-0.2, -0.15) is 0 Å². The van der Waals surface area contributed by atoms with Crippen molar-refractivity contribution in [1.82, 2.24) is 15.3 Å². The van der Waals surface area contributed by atoms with Crippen LogP contribution in [0.5, 0.6) is 5.75 Å². The third-order valence-corrected chi connectivity index (χ3v) is 6.31. The zero-order valence-electron chi connectivity index (χ0n) is 21.2. The Morgan fingerprint density at radius 1 is 1.17 bits per heavy atom. The Kier molecular flexibility index (Phi) is 9.46. The van der Waals surface area contributed by atoms with E-state index >= 15 is 0 Å². The summed E-state index contributed by atoms with van der Waals surface area (Å²) < 4.78 is 22.5. The molecule has 1 N–H and O–H groups in total. The number of morpholine rings is 1. The molecule has 1 aromatic carbocycles. The van der Waals surface area contributed by atoms with Crippen molar-refractivity contribution in [1.29, 1.82) is 0 Å². The highest BCUT2D eigenvalue weighted by atomic mass is 16.5. The van der Waals surface area contributed by atoms with Gasteiger partial charge in [-0.15, -0.1) is 0 Å². The smallest absolute Gasteiger partial charge is 0.221 e. The highest BCUT2D eigenvalue weighted by molar-refractivity contribution is 5.85. The van der Waals surface area contributed by atoms with Gasteiger partial charge in [0.2, 0.25) is 5.96 Å². The number of anilines is 1. The fraction of sp³-hybridized carbons (Fsp3) is 0.538. The van der Waals surface area contributed by atoms with Gasteiger partial charge in [-0.3, -0.25) is 4.98 Å². The summed E-state index contributed by atoms with van der Waals surface area (Å²) in [7, 11) is 1.64. The lowest BCUT2D eigenvalue weighted by Gasteiger charge is -2.30. The minimum atomic E-state index is 0.103. The molecule has 1 aromatic heterocycles. The first-order valence-electron chi connectivity index (χ1n) is 12.5. The van der Waals surface area contributed by atoms with Gasteiger partial charge in [0.15, 0.2) is 0 Å². The summed E-state index contributed by atoms with van der Waals surface area (Å²) in [5.41, 5.74) is 2.74. The number of methoxy groups -OCH3 is 1. The lowest BCUT2D eigenvalue weighted by atomic mass is 9.93. The summed E-state index contributed by atoms with van der Waals surface area (Å²) in [6, 6.07) is 4.35. The van der Waals surface area contributed by atoms with E-state index < -0.39 is 0 Å². The van der Waals surface area contributed by atoms with Crippen molar-refractivity contribution in [3.63, 3.8) is 0 Å². The molecule has 2 fully saturated rings. The number of hydrogen-bond acceptors (Lipinski definition) is 8. The number of allylic oxidation sites excluding steroid dienone is 1. The number of nitrogens with zero attached hydrogens (tertiary/aromatic N) is 5. The minimum absolute atomic E-state index is 0.103. The molecule has 0 unspecified atom stereocenters. The van der Waals surface area contributed by atoms with Crippen molar-refractivity contribution in [2.24, 2.45) is 9.98 Å². The van der Waals surface area contributed by atoms with E-state index in [2.05, 4.69) is 44.0 Å². The summed E-state index contributed by atoms with van der Waals surface area (Å²) in [6.45, 7) is 9.72. The van der Waals surface area contributed by atoms with E-state index in [1.54, 1.807) is 25.7 Å². The van der Waals surface area contributed by atoms with Crippen molar-refractivity contribution in [2.75, 3.05) is 51.5 Å². The number of aliphatic imine (C=N–C) groups is 2. The molecule has 10 nitrogen and oxygen atoms in total. The number of rotatable bonds is 9. The van der Waals surface area contributed by atoms with E-state index in [0.717, 1.165) is 80.2 Å². The van der Waals surface area contributed by atoms with Crippen LogP contribution in [0.1, 0.15) is 32.6 Å². The molecule has 1 saturated carbocycles. The second kappa shape index (κ2) is 13.2. The summed E-state index contributed by atoms with van der Waals surface area (Å²) in [6.07, 6.45) is 8.90. The molecule has 1 saturated heterocycles. The van der Waals surface area contributed by atoms with E-state index in [1.165, 1.54) is 0 Å². The Hall–Kier alpha value is -3.24. The van der Waals surface area contributed by atoms with Gasteiger partial charge in [-0.25, -0.2) is 15.0 Å². The molecule has 2 aliphatic rings. The van der Waals surface area contributed by atoms with E-state index in [1.807, 2.05) is 6.92 Å². The Morgan fingerprint density at radius 3 is 2.69 bits per heavy atom. The van der Waals surface area contributed by atoms with Gasteiger partial charge in [0.1, 0.15) is 23.6 Å². The Labute approximate surface area is 212 Å². The van der Waals surface area contributed by atoms with Crippen LogP contribution in [0.3, 0.4) is 0 Å². The maximum Gasteiger partial charge on any atom is 0.221 e. The quantitative estimate of drug-likeness (QED) is 0.244. The fourth-order valence-electron chi connectivity index (χ4n) is 4.38. The summed E-state index contributed by atoms with van der Waals surface area (Å²) in [4.78, 5) is 20.2. The van der Waals surface area contributed by atoms with E-state index in [9.17, 15) is 0 Å².